The van der Waals surface area contributed by atoms with Crippen molar-refractivity contribution >= 4 is 0 Å². The Morgan fingerprint density at radius 1 is 1.62 bits per heavy atom. The first kappa shape index (κ1) is 13.2. The van der Waals surface area contributed by atoms with Crippen LogP contribution in [0.15, 0.2) is 36.0 Å². The lowest BCUT2D eigenvalue weighted by Gasteiger charge is -2.27. The minimum Gasteiger partial charge on any atom is -0.393 e. The van der Waals surface area contributed by atoms with E-state index in [1.165, 1.54) is 11.1 Å². The van der Waals surface area contributed by atoms with Gasteiger partial charge in [0.15, 0.2) is 0 Å². The van der Waals surface area contributed by atoms with E-state index in [-0.39, 0.29) is 6.10 Å². The van der Waals surface area contributed by atoms with E-state index in [4.69, 9.17) is 0 Å². The quantitative estimate of drug-likeness (QED) is 0.713. The molecule has 1 unspecified atom stereocenters. The summed E-state index contributed by atoms with van der Waals surface area (Å²) in [6.45, 7) is 10.2. The second-order valence-electron chi connectivity index (χ2n) is 5.16. The van der Waals surface area contributed by atoms with Gasteiger partial charge < -0.3 is 5.11 Å². The molecule has 1 N–H and O–H groups in total. The van der Waals surface area contributed by atoms with Crippen molar-refractivity contribution in [1.29, 1.82) is 0 Å². The zero-order valence-corrected chi connectivity index (χ0v) is 10.7. The molecule has 0 spiro atoms. The van der Waals surface area contributed by atoms with E-state index in [9.17, 15) is 5.11 Å². The largest absolute Gasteiger partial charge is 0.393 e. The standard InChI is InChI=1S/C15H24O/c1-11(2)5-10-15(16)13(4)14-8-6-12(3)7-9-14/h5-6,8,13-16H,3,7,9-10H2,1-2,4H3/t13-,14-,15?/m1/s1. The Kier molecular flexibility index (Phi) is 5.01. The number of allylic oxidation sites excluding steroid dienone is 4. The Bertz CT molecular complexity index is 295. The summed E-state index contributed by atoms with van der Waals surface area (Å²) < 4.78 is 0. The third-order valence-corrected chi connectivity index (χ3v) is 3.43. The average Bonchev–Trinajstić information content (AvgIpc) is 2.26. The highest BCUT2D eigenvalue weighted by Crippen LogP contribution is 2.29. The van der Waals surface area contributed by atoms with E-state index in [0.29, 0.717) is 11.8 Å². The molecule has 0 radical (unpaired) electrons. The molecule has 0 aromatic heterocycles. The normalized spacial score (nSPS) is 24.0. The Morgan fingerprint density at radius 3 is 2.81 bits per heavy atom. The van der Waals surface area contributed by atoms with E-state index in [0.717, 1.165) is 19.3 Å². The van der Waals surface area contributed by atoms with Gasteiger partial charge >= 0.3 is 0 Å². The molecule has 1 aliphatic carbocycles. The van der Waals surface area contributed by atoms with Gasteiger partial charge in [0.25, 0.3) is 0 Å². The first-order valence-corrected chi connectivity index (χ1v) is 6.18. The molecule has 0 aliphatic heterocycles. The van der Waals surface area contributed by atoms with E-state index in [1.54, 1.807) is 0 Å². The molecule has 0 heterocycles. The van der Waals surface area contributed by atoms with E-state index >= 15 is 0 Å². The van der Waals surface area contributed by atoms with Crippen LogP contribution in [0.5, 0.6) is 0 Å². The molecule has 1 aliphatic rings. The minimum absolute atomic E-state index is 0.226. The van der Waals surface area contributed by atoms with Crippen molar-refractivity contribution in [2.45, 2.75) is 46.1 Å². The van der Waals surface area contributed by atoms with Crippen molar-refractivity contribution in [3.05, 3.63) is 36.0 Å². The number of rotatable bonds is 4. The fourth-order valence-electron chi connectivity index (χ4n) is 2.09. The summed E-state index contributed by atoms with van der Waals surface area (Å²) in [7, 11) is 0. The fraction of sp³-hybridized carbons (Fsp3) is 0.600. The molecule has 0 amide bonds. The Hall–Kier alpha value is -0.820. The van der Waals surface area contributed by atoms with Gasteiger partial charge in [-0.3, -0.25) is 0 Å². The summed E-state index contributed by atoms with van der Waals surface area (Å²) in [5.41, 5.74) is 2.49. The molecule has 1 nitrogen and oxygen atoms in total. The summed E-state index contributed by atoms with van der Waals surface area (Å²) in [6, 6.07) is 0. The molecule has 0 fully saturated rings. The number of hydrogen-bond donors (Lipinski definition) is 1. The van der Waals surface area contributed by atoms with Gasteiger partial charge in [-0.2, -0.15) is 0 Å². The van der Waals surface area contributed by atoms with Gasteiger partial charge in [-0.15, -0.1) is 0 Å². The first-order valence-electron chi connectivity index (χ1n) is 6.18. The zero-order chi connectivity index (χ0) is 12.1. The lowest BCUT2D eigenvalue weighted by atomic mass is 9.80. The van der Waals surface area contributed by atoms with Crippen LogP contribution < -0.4 is 0 Å². The summed E-state index contributed by atoms with van der Waals surface area (Å²) in [6.07, 6.45) is 9.18. The maximum Gasteiger partial charge on any atom is 0.0605 e. The summed E-state index contributed by atoms with van der Waals surface area (Å²) >= 11 is 0. The van der Waals surface area contributed by atoms with Crippen LogP contribution >= 0.6 is 0 Å². The molecule has 3 atom stereocenters. The topological polar surface area (TPSA) is 20.2 Å². The molecule has 90 valence electrons. The summed E-state index contributed by atoms with van der Waals surface area (Å²) in [5, 5.41) is 10.1. The minimum atomic E-state index is -0.226. The van der Waals surface area contributed by atoms with Gasteiger partial charge in [0, 0.05) is 0 Å². The molecule has 0 aromatic carbocycles. The van der Waals surface area contributed by atoms with Crippen molar-refractivity contribution in [3.8, 4) is 0 Å². The fourth-order valence-corrected chi connectivity index (χ4v) is 2.09. The highest BCUT2D eigenvalue weighted by Gasteiger charge is 2.23. The predicted octanol–water partition coefficient (Wildman–Crippen LogP) is 3.86. The van der Waals surface area contributed by atoms with Crippen LogP contribution in [0, 0.1) is 11.8 Å². The second kappa shape index (κ2) is 6.05. The molecular weight excluding hydrogens is 196 g/mol. The van der Waals surface area contributed by atoms with Crippen LogP contribution in [-0.2, 0) is 0 Å². The molecule has 1 rings (SSSR count). The van der Waals surface area contributed by atoms with E-state index in [2.05, 4.69) is 45.6 Å². The van der Waals surface area contributed by atoms with Gasteiger partial charge in [-0.25, -0.2) is 0 Å². The molecule has 0 bridgehead atoms. The predicted molar refractivity (Wildman–Crippen MR) is 70.2 cm³/mol. The Balaban J connectivity index is 2.50. The lowest BCUT2D eigenvalue weighted by Crippen LogP contribution is -2.25. The van der Waals surface area contributed by atoms with E-state index < -0.39 is 0 Å². The average molecular weight is 220 g/mol. The van der Waals surface area contributed by atoms with Crippen LogP contribution in [0.4, 0.5) is 0 Å². The second-order valence-corrected chi connectivity index (χ2v) is 5.16. The smallest absolute Gasteiger partial charge is 0.0605 e. The van der Waals surface area contributed by atoms with E-state index in [1.807, 2.05) is 0 Å². The first-order chi connectivity index (χ1) is 7.50. The monoisotopic (exact) mass is 220 g/mol. The molecule has 1 heteroatoms. The van der Waals surface area contributed by atoms with Gasteiger partial charge in [0.05, 0.1) is 6.10 Å². The lowest BCUT2D eigenvalue weighted by molar-refractivity contribution is 0.0939. The summed E-state index contributed by atoms with van der Waals surface area (Å²) in [4.78, 5) is 0. The van der Waals surface area contributed by atoms with Crippen LogP contribution in [0.2, 0.25) is 0 Å². The highest BCUT2D eigenvalue weighted by molar-refractivity contribution is 5.19. The summed E-state index contributed by atoms with van der Waals surface area (Å²) in [5.74, 6) is 0.839. The third kappa shape index (κ3) is 3.97. The Morgan fingerprint density at radius 2 is 2.31 bits per heavy atom. The molecule has 0 aromatic rings. The number of hydrogen-bond acceptors (Lipinski definition) is 1. The van der Waals surface area contributed by atoms with Crippen LogP contribution in [0.3, 0.4) is 0 Å². The SMILES string of the molecule is C=C1C=C[C@@H]([C@@H](C)C(O)CC=C(C)C)CC1. The van der Waals surface area contributed by atoms with Gasteiger partial charge in [0.1, 0.15) is 0 Å². The third-order valence-electron chi connectivity index (χ3n) is 3.43. The molecule has 0 saturated heterocycles. The van der Waals surface area contributed by atoms with Gasteiger partial charge in [0.2, 0.25) is 0 Å². The Labute approximate surface area is 99.6 Å². The van der Waals surface area contributed by atoms with Crippen molar-refractivity contribution in [2.75, 3.05) is 0 Å². The molecule has 16 heavy (non-hydrogen) atoms. The molecular formula is C15H24O. The van der Waals surface area contributed by atoms with Gasteiger partial charge in [-0.05, 0) is 44.9 Å². The van der Waals surface area contributed by atoms with Crippen LogP contribution in [0.25, 0.3) is 0 Å². The maximum atomic E-state index is 10.1. The number of aliphatic hydroxyl groups is 1. The molecule has 0 saturated carbocycles. The van der Waals surface area contributed by atoms with Crippen LogP contribution in [0.1, 0.15) is 40.0 Å². The van der Waals surface area contributed by atoms with Crippen molar-refractivity contribution in [2.24, 2.45) is 11.8 Å². The van der Waals surface area contributed by atoms with Crippen LogP contribution in [-0.4, -0.2) is 11.2 Å². The number of aliphatic hydroxyl groups excluding tert-OH is 1. The van der Waals surface area contributed by atoms with Crippen molar-refractivity contribution in [1.82, 2.24) is 0 Å². The van der Waals surface area contributed by atoms with Crippen molar-refractivity contribution < 1.29 is 5.11 Å². The maximum absolute atomic E-state index is 10.1. The highest BCUT2D eigenvalue weighted by atomic mass is 16.3. The van der Waals surface area contributed by atoms with Crippen molar-refractivity contribution in [3.63, 3.8) is 0 Å². The van der Waals surface area contributed by atoms with Gasteiger partial charge in [-0.1, -0.05) is 42.9 Å². The zero-order valence-electron chi connectivity index (χ0n) is 10.7.